The average molecular weight is 408 g/mol. The van der Waals surface area contributed by atoms with Gasteiger partial charge in [-0.3, -0.25) is 9.78 Å². The number of morpholine rings is 1. The van der Waals surface area contributed by atoms with Gasteiger partial charge in [-0.15, -0.1) is 11.3 Å². The molecule has 2 aromatic heterocycles. The Balaban J connectivity index is 1.53. The zero-order valence-corrected chi connectivity index (χ0v) is 16.5. The summed E-state index contributed by atoms with van der Waals surface area (Å²) in [5, 5.41) is 17.0. The van der Waals surface area contributed by atoms with E-state index in [4.69, 9.17) is 9.94 Å². The van der Waals surface area contributed by atoms with E-state index in [1.165, 1.54) is 11.3 Å². The number of carbonyl (C=O) groups excluding carboxylic acids is 1. The lowest BCUT2D eigenvalue weighted by Gasteiger charge is -2.26. The third-order valence-corrected chi connectivity index (χ3v) is 6.55. The Morgan fingerprint density at radius 2 is 2.10 bits per heavy atom. The standard InChI is InChI=1S/C21H20N4O3S/c26-21(25-7-9-28-10-8-25)20-19(16-5-6-22-12-18(16)29-20)23-14-2-3-15-13(11-14)1-4-17(15)24-27/h2-3,5-6,11-12,23,27H,1,4,7-10H2. The molecule has 3 heterocycles. The molecule has 2 N–H and O–H groups in total. The Labute approximate surface area is 171 Å². The Hall–Kier alpha value is -2.97. The molecule has 0 atom stereocenters. The molecule has 0 unspecified atom stereocenters. The number of rotatable bonds is 3. The fourth-order valence-corrected chi connectivity index (χ4v) is 5.02. The highest BCUT2D eigenvalue weighted by molar-refractivity contribution is 7.21. The number of nitrogens with zero attached hydrogens (tertiary/aromatic N) is 3. The number of anilines is 2. The zero-order chi connectivity index (χ0) is 19.8. The smallest absolute Gasteiger partial charge is 0.266 e. The number of hydrogen-bond donors (Lipinski definition) is 2. The van der Waals surface area contributed by atoms with E-state index in [2.05, 4.69) is 21.5 Å². The maximum Gasteiger partial charge on any atom is 0.266 e. The number of hydrogen-bond acceptors (Lipinski definition) is 7. The van der Waals surface area contributed by atoms with Crippen LogP contribution in [-0.2, 0) is 11.2 Å². The number of pyridine rings is 1. The number of benzene rings is 1. The van der Waals surface area contributed by atoms with Gasteiger partial charge in [0.25, 0.3) is 5.91 Å². The van der Waals surface area contributed by atoms with Gasteiger partial charge in [-0.2, -0.15) is 0 Å². The van der Waals surface area contributed by atoms with E-state index in [-0.39, 0.29) is 5.91 Å². The van der Waals surface area contributed by atoms with E-state index in [9.17, 15) is 4.79 Å². The Morgan fingerprint density at radius 1 is 1.24 bits per heavy atom. The monoisotopic (exact) mass is 408 g/mol. The van der Waals surface area contributed by atoms with Crippen LogP contribution < -0.4 is 5.32 Å². The van der Waals surface area contributed by atoms with Crippen molar-refractivity contribution < 1.29 is 14.7 Å². The number of aryl methyl sites for hydroxylation is 1. The molecule has 5 rings (SSSR count). The van der Waals surface area contributed by atoms with Gasteiger partial charge in [-0.05, 0) is 36.6 Å². The zero-order valence-electron chi connectivity index (χ0n) is 15.7. The van der Waals surface area contributed by atoms with Crippen molar-refractivity contribution in [1.82, 2.24) is 9.88 Å². The van der Waals surface area contributed by atoms with Crippen molar-refractivity contribution in [2.45, 2.75) is 12.8 Å². The van der Waals surface area contributed by atoms with Crippen LogP contribution >= 0.6 is 11.3 Å². The van der Waals surface area contributed by atoms with E-state index in [1.54, 1.807) is 12.4 Å². The maximum absolute atomic E-state index is 13.2. The molecule has 7 nitrogen and oxygen atoms in total. The van der Waals surface area contributed by atoms with Crippen LogP contribution in [0.3, 0.4) is 0 Å². The molecule has 0 saturated carbocycles. The number of nitrogens with one attached hydrogen (secondary N) is 1. The highest BCUT2D eigenvalue weighted by Crippen LogP contribution is 2.38. The Bertz CT molecular complexity index is 1120. The normalized spacial score (nSPS) is 17.7. The lowest BCUT2D eigenvalue weighted by molar-refractivity contribution is 0.0307. The predicted molar refractivity (Wildman–Crippen MR) is 113 cm³/mol. The fraction of sp³-hybridized carbons (Fsp3) is 0.286. The van der Waals surface area contributed by atoms with Crippen molar-refractivity contribution in [3.8, 4) is 0 Å². The second-order valence-electron chi connectivity index (χ2n) is 7.13. The van der Waals surface area contributed by atoms with Crippen molar-refractivity contribution in [3.63, 3.8) is 0 Å². The molecule has 1 aliphatic heterocycles. The van der Waals surface area contributed by atoms with Crippen molar-refractivity contribution in [2.75, 3.05) is 31.6 Å². The molecule has 1 amide bonds. The third kappa shape index (κ3) is 3.24. The quantitative estimate of drug-likeness (QED) is 0.510. The summed E-state index contributed by atoms with van der Waals surface area (Å²) in [7, 11) is 0. The Kier molecular flexibility index (Phi) is 4.65. The van der Waals surface area contributed by atoms with Crippen LogP contribution in [0.1, 0.15) is 27.2 Å². The van der Waals surface area contributed by atoms with Gasteiger partial charge in [0, 0.05) is 42.1 Å². The summed E-state index contributed by atoms with van der Waals surface area (Å²) in [6, 6.07) is 7.94. The summed E-state index contributed by atoms with van der Waals surface area (Å²) < 4.78 is 6.36. The van der Waals surface area contributed by atoms with Crippen LogP contribution in [0.5, 0.6) is 0 Å². The van der Waals surface area contributed by atoms with Crippen LogP contribution in [0, 0.1) is 0 Å². The Morgan fingerprint density at radius 3 is 2.93 bits per heavy atom. The van der Waals surface area contributed by atoms with E-state index in [0.29, 0.717) is 31.2 Å². The molecular weight excluding hydrogens is 388 g/mol. The minimum absolute atomic E-state index is 0.0212. The third-order valence-electron chi connectivity index (χ3n) is 5.42. The largest absolute Gasteiger partial charge is 0.411 e. The summed E-state index contributed by atoms with van der Waals surface area (Å²) in [5.74, 6) is 0.0212. The van der Waals surface area contributed by atoms with Gasteiger partial charge in [-0.25, -0.2) is 0 Å². The number of carbonyl (C=O) groups is 1. The second kappa shape index (κ2) is 7.46. The van der Waals surface area contributed by atoms with Gasteiger partial charge in [0.2, 0.25) is 0 Å². The number of ether oxygens (including phenoxy) is 1. The molecule has 29 heavy (non-hydrogen) atoms. The minimum atomic E-state index is 0.0212. The molecule has 8 heteroatoms. The molecule has 1 aromatic carbocycles. The molecule has 1 saturated heterocycles. The molecule has 0 spiro atoms. The molecular formula is C21H20N4O3S. The fourth-order valence-electron chi connectivity index (χ4n) is 3.93. The van der Waals surface area contributed by atoms with Crippen LogP contribution in [0.2, 0.25) is 0 Å². The highest BCUT2D eigenvalue weighted by Gasteiger charge is 2.25. The van der Waals surface area contributed by atoms with Crippen LogP contribution in [0.15, 0.2) is 41.8 Å². The molecule has 148 valence electrons. The van der Waals surface area contributed by atoms with Crippen molar-refractivity contribution in [1.29, 1.82) is 0 Å². The van der Waals surface area contributed by atoms with Gasteiger partial charge in [0.05, 0.1) is 29.3 Å². The highest BCUT2D eigenvalue weighted by atomic mass is 32.1. The van der Waals surface area contributed by atoms with E-state index < -0.39 is 0 Å². The molecule has 2 aliphatic rings. The first-order valence-corrected chi connectivity index (χ1v) is 10.4. The lowest BCUT2D eigenvalue weighted by atomic mass is 10.1. The van der Waals surface area contributed by atoms with Crippen molar-refractivity contribution in [2.24, 2.45) is 5.16 Å². The number of fused-ring (bicyclic) bond motifs is 2. The minimum Gasteiger partial charge on any atom is -0.411 e. The van der Waals surface area contributed by atoms with Crippen LogP contribution in [0.25, 0.3) is 10.1 Å². The maximum atomic E-state index is 13.2. The molecule has 0 radical (unpaired) electrons. The summed E-state index contributed by atoms with van der Waals surface area (Å²) in [4.78, 5) is 20.0. The number of oxime groups is 1. The number of thiophene rings is 1. The first-order chi connectivity index (χ1) is 14.2. The van der Waals surface area contributed by atoms with Gasteiger partial charge in [0.15, 0.2) is 0 Å². The summed E-state index contributed by atoms with van der Waals surface area (Å²) in [6.45, 7) is 2.35. The first-order valence-electron chi connectivity index (χ1n) is 9.59. The van der Waals surface area contributed by atoms with Gasteiger partial charge in [0.1, 0.15) is 4.88 Å². The van der Waals surface area contributed by atoms with E-state index >= 15 is 0 Å². The molecule has 1 aliphatic carbocycles. The van der Waals surface area contributed by atoms with Crippen molar-refractivity contribution in [3.05, 3.63) is 52.7 Å². The van der Waals surface area contributed by atoms with Gasteiger partial charge < -0.3 is 20.2 Å². The summed E-state index contributed by atoms with van der Waals surface area (Å²) in [6.07, 6.45) is 5.13. The summed E-state index contributed by atoms with van der Waals surface area (Å²) in [5.41, 5.74) is 4.59. The SMILES string of the molecule is O=C(c1sc2cnccc2c1Nc1ccc2c(c1)CCC2=NO)N1CCOCC1. The van der Waals surface area contributed by atoms with E-state index in [1.807, 2.05) is 23.1 Å². The average Bonchev–Trinajstić information content (AvgIpc) is 3.35. The molecule has 0 bridgehead atoms. The number of amides is 1. The van der Waals surface area contributed by atoms with Gasteiger partial charge >= 0.3 is 0 Å². The topological polar surface area (TPSA) is 87.0 Å². The first kappa shape index (κ1) is 18.1. The van der Waals surface area contributed by atoms with E-state index in [0.717, 1.165) is 51.1 Å². The van der Waals surface area contributed by atoms with Crippen molar-refractivity contribution >= 4 is 44.4 Å². The van der Waals surface area contributed by atoms with Gasteiger partial charge in [-0.1, -0.05) is 11.2 Å². The second-order valence-corrected chi connectivity index (χ2v) is 8.18. The van der Waals surface area contributed by atoms with Crippen LogP contribution in [-0.4, -0.2) is 53.0 Å². The number of aromatic nitrogens is 1. The summed E-state index contributed by atoms with van der Waals surface area (Å²) >= 11 is 1.47. The van der Waals surface area contributed by atoms with Crippen LogP contribution in [0.4, 0.5) is 11.4 Å². The molecule has 3 aromatic rings. The molecule has 1 fully saturated rings. The lowest BCUT2D eigenvalue weighted by Crippen LogP contribution is -2.40. The predicted octanol–water partition coefficient (Wildman–Crippen LogP) is 3.64.